The van der Waals surface area contributed by atoms with Crippen molar-refractivity contribution in [2.45, 2.75) is 19.9 Å². The molecule has 0 spiro atoms. The zero-order valence-electron chi connectivity index (χ0n) is 10.5. The van der Waals surface area contributed by atoms with E-state index in [1.165, 1.54) is 5.56 Å². The molecule has 0 aliphatic rings. The van der Waals surface area contributed by atoms with Gasteiger partial charge in [0.1, 0.15) is 11.6 Å². The Labute approximate surface area is 107 Å². The Morgan fingerprint density at radius 2 is 2.18 bits per heavy atom. The van der Waals surface area contributed by atoms with Crippen molar-refractivity contribution in [1.82, 2.24) is 4.90 Å². The molecule has 0 saturated carbocycles. The summed E-state index contributed by atoms with van der Waals surface area (Å²) in [6.07, 6.45) is 0.962. The van der Waals surface area contributed by atoms with Gasteiger partial charge in [0.25, 0.3) is 0 Å². The van der Waals surface area contributed by atoms with Crippen LogP contribution in [0.15, 0.2) is 18.2 Å². The van der Waals surface area contributed by atoms with E-state index in [1.807, 2.05) is 12.1 Å². The molecule has 0 unspecified atom stereocenters. The molecule has 1 aromatic rings. The molecule has 0 bridgehead atoms. The standard InChI is InChI=1S/C13H18ClNO2/c1-4-10-5-6-12(17-3)11(7-10)9-15(2)13(16)8-14/h5-7H,4,8-9H2,1-3H3. The molecule has 3 nitrogen and oxygen atoms in total. The predicted octanol–water partition coefficient (Wildman–Crippen LogP) is 2.45. The minimum Gasteiger partial charge on any atom is -0.496 e. The van der Waals surface area contributed by atoms with Gasteiger partial charge in [0.05, 0.1) is 7.11 Å². The van der Waals surface area contributed by atoms with Crippen LogP contribution in [0, 0.1) is 0 Å². The monoisotopic (exact) mass is 255 g/mol. The van der Waals surface area contributed by atoms with Crippen molar-refractivity contribution in [3.63, 3.8) is 0 Å². The van der Waals surface area contributed by atoms with Crippen molar-refractivity contribution in [1.29, 1.82) is 0 Å². The first-order chi connectivity index (χ1) is 8.12. The van der Waals surface area contributed by atoms with Crippen LogP contribution in [0.2, 0.25) is 0 Å². The summed E-state index contributed by atoms with van der Waals surface area (Å²) in [4.78, 5) is 13.0. The Morgan fingerprint density at radius 3 is 2.71 bits per heavy atom. The maximum absolute atomic E-state index is 11.4. The maximum Gasteiger partial charge on any atom is 0.237 e. The molecule has 0 atom stereocenters. The van der Waals surface area contributed by atoms with Crippen molar-refractivity contribution < 1.29 is 9.53 Å². The number of ether oxygens (including phenoxy) is 1. The lowest BCUT2D eigenvalue weighted by atomic mass is 10.1. The lowest BCUT2D eigenvalue weighted by molar-refractivity contribution is -0.127. The third-order valence-corrected chi connectivity index (χ3v) is 2.93. The summed E-state index contributed by atoms with van der Waals surface area (Å²) in [5.41, 5.74) is 2.24. The molecule has 0 saturated heterocycles. The third kappa shape index (κ3) is 3.63. The Morgan fingerprint density at radius 1 is 1.47 bits per heavy atom. The summed E-state index contributed by atoms with van der Waals surface area (Å²) in [5, 5.41) is 0. The van der Waals surface area contributed by atoms with E-state index in [-0.39, 0.29) is 11.8 Å². The number of hydrogen-bond donors (Lipinski definition) is 0. The van der Waals surface area contributed by atoms with Gasteiger partial charge in [-0.1, -0.05) is 19.1 Å². The summed E-state index contributed by atoms with van der Waals surface area (Å²) in [6.45, 7) is 2.61. The lowest BCUT2D eigenvalue weighted by Gasteiger charge is -2.18. The molecule has 0 aliphatic carbocycles. The minimum atomic E-state index is -0.0874. The molecule has 0 heterocycles. The van der Waals surface area contributed by atoms with Gasteiger partial charge in [-0.05, 0) is 18.1 Å². The van der Waals surface area contributed by atoms with Crippen LogP contribution in [-0.4, -0.2) is 30.8 Å². The maximum atomic E-state index is 11.4. The van der Waals surface area contributed by atoms with Crippen molar-refractivity contribution in [3.8, 4) is 5.75 Å². The second-order valence-electron chi connectivity index (χ2n) is 3.88. The molecule has 0 aromatic heterocycles. The van der Waals surface area contributed by atoms with Crippen LogP contribution < -0.4 is 4.74 Å². The van der Waals surface area contributed by atoms with E-state index in [4.69, 9.17) is 16.3 Å². The van der Waals surface area contributed by atoms with Gasteiger partial charge in [-0.2, -0.15) is 0 Å². The van der Waals surface area contributed by atoms with Gasteiger partial charge in [0.2, 0.25) is 5.91 Å². The summed E-state index contributed by atoms with van der Waals surface area (Å²) in [6, 6.07) is 6.04. The number of hydrogen-bond acceptors (Lipinski definition) is 2. The van der Waals surface area contributed by atoms with E-state index in [2.05, 4.69) is 13.0 Å². The van der Waals surface area contributed by atoms with Crippen LogP contribution in [0.25, 0.3) is 0 Å². The van der Waals surface area contributed by atoms with E-state index in [1.54, 1.807) is 19.1 Å². The highest BCUT2D eigenvalue weighted by atomic mass is 35.5. The number of rotatable bonds is 5. The molecule has 17 heavy (non-hydrogen) atoms. The van der Waals surface area contributed by atoms with Crippen LogP contribution >= 0.6 is 11.6 Å². The van der Waals surface area contributed by atoms with Crippen LogP contribution in [0.1, 0.15) is 18.1 Å². The second-order valence-corrected chi connectivity index (χ2v) is 4.15. The number of benzene rings is 1. The summed E-state index contributed by atoms with van der Waals surface area (Å²) in [5.74, 6) is 0.721. The van der Waals surface area contributed by atoms with Gasteiger partial charge in [0.15, 0.2) is 0 Å². The van der Waals surface area contributed by atoms with Gasteiger partial charge in [-0.15, -0.1) is 11.6 Å². The molecular weight excluding hydrogens is 238 g/mol. The van der Waals surface area contributed by atoms with Gasteiger partial charge in [0, 0.05) is 19.2 Å². The highest BCUT2D eigenvalue weighted by molar-refractivity contribution is 6.27. The number of carbonyl (C=O) groups excluding carboxylic acids is 1. The Balaban J connectivity index is 2.91. The first-order valence-corrected chi connectivity index (χ1v) is 6.11. The first kappa shape index (κ1) is 13.8. The number of aryl methyl sites for hydroxylation is 1. The topological polar surface area (TPSA) is 29.5 Å². The molecule has 4 heteroatoms. The van der Waals surface area contributed by atoms with E-state index in [0.717, 1.165) is 17.7 Å². The molecular formula is C13H18ClNO2. The zero-order chi connectivity index (χ0) is 12.8. The van der Waals surface area contributed by atoms with E-state index in [0.29, 0.717) is 6.54 Å². The number of nitrogens with zero attached hydrogens (tertiary/aromatic N) is 1. The predicted molar refractivity (Wildman–Crippen MR) is 69.6 cm³/mol. The van der Waals surface area contributed by atoms with E-state index < -0.39 is 0 Å². The fourth-order valence-electron chi connectivity index (χ4n) is 1.62. The molecule has 0 radical (unpaired) electrons. The van der Waals surface area contributed by atoms with Crippen molar-refractivity contribution in [2.75, 3.05) is 20.0 Å². The average molecular weight is 256 g/mol. The van der Waals surface area contributed by atoms with Gasteiger partial charge >= 0.3 is 0 Å². The van der Waals surface area contributed by atoms with E-state index >= 15 is 0 Å². The van der Waals surface area contributed by atoms with Gasteiger partial charge in [-0.3, -0.25) is 4.79 Å². The largest absolute Gasteiger partial charge is 0.496 e. The number of carbonyl (C=O) groups is 1. The summed E-state index contributed by atoms with van der Waals surface area (Å²) in [7, 11) is 3.37. The molecule has 0 aliphatic heterocycles. The van der Waals surface area contributed by atoms with Crippen LogP contribution in [0.3, 0.4) is 0 Å². The Kier molecular flexibility index (Phi) is 5.29. The SMILES string of the molecule is CCc1ccc(OC)c(CN(C)C(=O)CCl)c1. The van der Waals surface area contributed by atoms with Crippen LogP contribution in [0.4, 0.5) is 0 Å². The summed E-state index contributed by atoms with van der Waals surface area (Å²) >= 11 is 5.52. The number of amides is 1. The fraction of sp³-hybridized carbons (Fsp3) is 0.462. The first-order valence-electron chi connectivity index (χ1n) is 5.58. The lowest BCUT2D eigenvalue weighted by Crippen LogP contribution is -2.27. The quantitative estimate of drug-likeness (QED) is 0.757. The van der Waals surface area contributed by atoms with E-state index in [9.17, 15) is 4.79 Å². The molecule has 0 N–H and O–H groups in total. The summed E-state index contributed by atoms with van der Waals surface area (Å²) < 4.78 is 5.29. The highest BCUT2D eigenvalue weighted by Gasteiger charge is 2.11. The third-order valence-electron chi connectivity index (χ3n) is 2.70. The fourth-order valence-corrected chi connectivity index (χ4v) is 1.83. The molecule has 1 amide bonds. The van der Waals surface area contributed by atoms with Crippen LogP contribution in [0.5, 0.6) is 5.75 Å². The number of halogens is 1. The number of methoxy groups -OCH3 is 1. The highest BCUT2D eigenvalue weighted by Crippen LogP contribution is 2.21. The number of alkyl halides is 1. The molecule has 1 aromatic carbocycles. The average Bonchev–Trinajstić information content (AvgIpc) is 2.37. The van der Waals surface area contributed by atoms with Crippen molar-refractivity contribution in [2.24, 2.45) is 0 Å². The van der Waals surface area contributed by atoms with Crippen molar-refractivity contribution in [3.05, 3.63) is 29.3 Å². The molecule has 94 valence electrons. The minimum absolute atomic E-state index is 0.00623. The molecule has 1 rings (SSSR count). The second kappa shape index (κ2) is 6.50. The van der Waals surface area contributed by atoms with Gasteiger partial charge < -0.3 is 9.64 Å². The zero-order valence-corrected chi connectivity index (χ0v) is 11.3. The smallest absolute Gasteiger partial charge is 0.237 e. The Bertz CT molecular complexity index is 393. The van der Waals surface area contributed by atoms with Crippen molar-refractivity contribution >= 4 is 17.5 Å². The molecule has 0 fully saturated rings. The van der Waals surface area contributed by atoms with Crippen LogP contribution in [-0.2, 0) is 17.8 Å². The normalized spacial score (nSPS) is 10.1. The Hall–Kier alpha value is -1.22. The van der Waals surface area contributed by atoms with Gasteiger partial charge in [-0.25, -0.2) is 0 Å².